The number of piperazine rings is 1. The molecule has 0 spiro atoms. The molecule has 1 aromatic carbocycles. The lowest BCUT2D eigenvalue weighted by molar-refractivity contribution is 0.0641. The van der Waals surface area contributed by atoms with E-state index in [0.29, 0.717) is 5.02 Å². The van der Waals surface area contributed by atoms with E-state index in [1.165, 1.54) is 0 Å². The third-order valence-electron chi connectivity index (χ3n) is 5.10. The zero-order valence-electron chi connectivity index (χ0n) is 15.8. The number of hydrogen-bond donors (Lipinski definition) is 0. The molecular formula is C20H27ClN4O. The van der Waals surface area contributed by atoms with E-state index < -0.39 is 0 Å². The second kappa shape index (κ2) is 8.23. The number of carbonyl (C=O) groups is 1. The molecule has 1 aliphatic rings. The van der Waals surface area contributed by atoms with Crippen LogP contribution >= 0.6 is 11.6 Å². The highest BCUT2D eigenvalue weighted by atomic mass is 35.5. The Morgan fingerprint density at radius 1 is 1.12 bits per heavy atom. The Morgan fingerprint density at radius 2 is 1.85 bits per heavy atom. The Balaban J connectivity index is 1.97. The second-order valence-corrected chi connectivity index (χ2v) is 7.03. The summed E-state index contributed by atoms with van der Waals surface area (Å²) in [6, 6.07) is 7.63. The van der Waals surface area contributed by atoms with Crippen LogP contribution in [0, 0.1) is 0 Å². The van der Waals surface area contributed by atoms with Gasteiger partial charge < -0.3 is 9.80 Å². The van der Waals surface area contributed by atoms with Gasteiger partial charge in [0, 0.05) is 31.2 Å². The maximum atomic E-state index is 13.3. The first-order chi connectivity index (χ1) is 12.6. The molecule has 5 nitrogen and oxygen atoms in total. The van der Waals surface area contributed by atoms with Crippen LogP contribution in [-0.2, 0) is 12.8 Å². The maximum absolute atomic E-state index is 13.3. The average Bonchev–Trinajstić information content (AvgIpc) is 3.06. The Bertz CT molecular complexity index is 778. The molecule has 1 fully saturated rings. The van der Waals surface area contributed by atoms with Gasteiger partial charge in [0.2, 0.25) is 0 Å². The van der Waals surface area contributed by atoms with Crippen LogP contribution in [-0.4, -0.2) is 58.2 Å². The summed E-state index contributed by atoms with van der Waals surface area (Å²) in [5.41, 5.74) is 3.51. The first-order valence-electron chi connectivity index (χ1n) is 9.47. The summed E-state index contributed by atoms with van der Waals surface area (Å²) < 4.78 is 1.89. The van der Waals surface area contributed by atoms with E-state index in [4.69, 9.17) is 16.7 Å². The Hall–Kier alpha value is -1.85. The number of aryl methyl sites for hydroxylation is 1. The SMILES string of the molecule is CCc1nn(-c2cccc(Cl)c2)c(CC)c1C(=O)N1CCN(CC)CC1. The quantitative estimate of drug-likeness (QED) is 0.805. The van der Waals surface area contributed by atoms with E-state index >= 15 is 0 Å². The van der Waals surface area contributed by atoms with Gasteiger partial charge in [-0.1, -0.05) is 38.4 Å². The number of nitrogens with zero attached hydrogens (tertiary/aromatic N) is 4. The largest absolute Gasteiger partial charge is 0.336 e. The molecule has 140 valence electrons. The van der Waals surface area contributed by atoms with Crippen LogP contribution in [0.1, 0.15) is 42.5 Å². The molecule has 0 saturated carbocycles. The first kappa shape index (κ1) is 18.9. The Morgan fingerprint density at radius 3 is 2.42 bits per heavy atom. The standard InChI is InChI=1S/C20H27ClN4O/c1-4-17-19(20(26)24-12-10-23(6-3)11-13-24)18(5-2)25(22-17)16-9-7-8-15(21)14-16/h7-9,14H,4-6,10-13H2,1-3H3. The molecule has 2 heterocycles. The monoisotopic (exact) mass is 374 g/mol. The topological polar surface area (TPSA) is 41.4 Å². The van der Waals surface area contributed by atoms with Crippen LogP contribution in [0.2, 0.25) is 5.02 Å². The van der Waals surface area contributed by atoms with Gasteiger partial charge in [-0.2, -0.15) is 5.10 Å². The molecular weight excluding hydrogens is 348 g/mol. The highest BCUT2D eigenvalue weighted by molar-refractivity contribution is 6.30. The van der Waals surface area contributed by atoms with E-state index in [9.17, 15) is 4.79 Å². The summed E-state index contributed by atoms with van der Waals surface area (Å²) in [6.45, 7) is 10.8. The van der Waals surface area contributed by atoms with E-state index in [1.54, 1.807) is 0 Å². The van der Waals surface area contributed by atoms with Gasteiger partial charge in [-0.25, -0.2) is 4.68 Å². The third kappa shape index (κ3) is 3.64. The van der Waals surface area contributed by atoms with Crippen LogP contribution in [0.3, 0.4) is 0 Å². The Labute approximate surface area is 160 Å². The fourth-order valence-corrected chi connectivity index (χ4v) is 3.76. The van der Waals surface area contributed by atoms with Gasteiger partial charge >= 0.3 is 0 Å². The minimum Gasteiger partial charge on any atom is -0.336 e. The summed E-state index contributed by atoms with van der Waals surface area (Å²) in [6.07, 6.45) is 1.48. The molecule has 0 bridgehead atoms. The minimum atomic E-state index is 0.114. The zero-order chi connectivity index (χ0) is 18.7. The molecule has 0 atom stereocenters. The van der Waals surface area contributed by atoms with Gasteiger partial charge in [-0.15, -0.1) is 0 Å². The average molecular weight is 375 g/mol. The molecule has 0 N–H and O–H groups in total. The van der Waals surface area contributed by atoms with Gasteiger partial charge in [0.05, 0.1) is 22.6 Å². The van der Waals surface area contributed by atoms with E-state index in [2.05, 4.69) is 25.7 Å². The molecule has 0 aliphatic carbocycles. The van der Waals surface area contributed by atoms with Crippen LogP contribution in [0.25, 0.3) is 5.69 Å². The lowest BCUT2D eigenvalue weighted by atomic mass is 10.1. The van der Waals surface area contributed by atoms with Gasteiger partial charge in [0.15, 0.2) is 0 Å². The van der Waals surface area contributed by atoms with Crippen LogP contribution in [0.4, 0.5) is 0 Å². The summed E-state index contributed by atoms with van der Waals surface area (Å²) in [7, 11) is 0. The first-order valence-corrected chi connectivity index (χ1v) is 9.85. The molecule has 1 aromatic heterocycles. The highest BCUT2D eigenvalue weighted by Gasteiger charge is 2.28. The molecule has 1 amide bonds. The molecule has 1 saturated heterocycles. The summed E-state index contributed by atoms with van der Waals surface area (Å²) >= 11 is 6.16. The van der Waals surface area contributed by atoms with Crippen LogP contribution in [0.5, 0.6) is 0 Å². The second-order valence-electron chi connectivity index (χ2n) is 6.59. The fraction of sp³-hybridized carbons (Fsp3) is 0.500. The predicted molar refractivity (Wildman–Crippen MR) is 105 cm³/mol. The minimum absolute atomic E-state index is 0.114. The van der Waals surface area contributed by atoms with Gasteiger partial charge in [-0.05, 0) is 37.6 Å². The number of amides is 1. The molecule has 1 aliphatic heterocycles. The van der Waals surface area contributed by atoms with Crippen LogP contribution < -0.4 is 0 Å². The van der Waals surface area contributed by atoms with Crippen molar-refractivity contribution in [3.8, 4) is 5.69 Å². The Kier molecular flexibility index (Phi) is 5.99. The van der Waals surface area contributed by atoms with Crippen molar-refractivity contribution < 1.29 is 4.79 Å². The van der Waals surface area contributed by atoms with Crippen molar-refractivity contribution in [3.63, 3.8) is 0 Å². The third-order valence-corrected chi connectivity index (χ3v) is 5.33. The van der Waals surface area contributed by atoms with Crippen molar-refractivity contribution in [1.82, 2.24) is 19.6 Å². The van der Waals surface area contributed by atoms with Crippen LogP contribution in [0.15, 0.2) is 24.3 Å². The smallest absolute Gasteiger partial charge is 0.257 e. The molecule has 0 unspecified atom stereocenters. The molecule has 6 heteroatoms. The maximum Gasteiger partial charge on any atom is 0.257 e. The fourth-order valence-electron chi connectivity index (χ4n) is 3.57. The molecule has 2 aromatic rings. The molecule has 0 radical (unpaired) electrons. The zero-order valence-corrected chi connectivity index (χ0v) is 16.6. The van der Waals surface area contributed by atoms with Crippen molar-refractivity contribution in [1.29, 1.82) is 0 Å². The van der Waals surface area contributed by atoms with Crippen molar-refractivity contribution in [3.05, 3.63) is 46.2 Å². The van der Waals surface area contributed by atoms with Crippen molar-refractivity contribution in [2.24, 2.45) is 0 Å². The number of benzene rings is 1. The number of aromatic nitrogens is 2. The van der Waals surface area contributed by atoms with E-state index in [-0.39, 0.29) is 5.91 Å². The molecule has 3 rings (SSSR count). The predicted octanol–water partition coefficient (Wildman–Crippen LogP) is 3.43. The van der Waals surface area contributed by atoms with E-state index in [1.807, 2.05) is 33.8 Å². The van der Waals surface area contributed by atoms with Crippen molar-refractivity contribution >= 4 is 17.5 Å². The van der Waals surface area contributed by atoms with Gasteiger partial charge in [-0.3, -0.25) is 4.79 Å². The number of hydrogen-bond acceptors (Lipinski definition) is 3. The normalized spacial score (nSPS) is 15.5. The number of likely N-dealkylation sites (N-methyl/N-ethyl adjacent to an activating group) is 1. The van der Waals surface area contributed by atoms with Crippen molar-refractivity contribution in [2.75, 3.05) is 32.7 Å². The van der Waals surface area contributed by atoms with Gasteiger partial charge in [0.25, 0.3) is 5.91 Å². The summed E-state index contributed by atoms with van der Waals surface area (Å²) in [4.78, 5) is 17.6. The lowest BCUT2D eigenvalue weighted by Crippen LogP contribution is -2.48. The number of carbonyl (C=O) groups excluding carboxylic acids is 1. The van der Waals surface area contributed by atoms with Gasteiger partial charge in [0.1, 0.15) is 0 Å². The lowest BCUT2D eigenvalue weighted by Gasteiger charge is -2.34. The summed E-state index contributed by atoms with van der Waals surface area (Å²) in [5.74, 6) is 0.114. The van der Waals surface area contributed by atoms with E-state index in [0.717, 1.165) is 68.2 Å². The van der Waals surface area contributed by atoms with Crippen molar-refractivity contribution in [2.45, 2.75) is 33.6 Å². The number of halogens is 1. The number of rotatable bonds is 5. The summed E-state index contributed by atoms with van der Waals surface area (Å²) in [5, 5.41) is 5.43. The molecule has 26 heavy (non-hydrogen) atoms. The highest BCUT2D eigenvalue weighted by Crippen LogP contribution is 2.24.